The summed E-state index contributed by atoms with van der Waals surface area (Å²) < 4.78 is 52.6. The van der Waals surface area contributed by atoms with E-state index in [1.54, 1.807) is 19.9 Å². The van der Waals surface area contributed by atoms with Crippen molar-refractivity contribution in [1.82, 2.24) is 0 Å². The lowest BCUT2D eigenvalue weighted by Gasteiger charge is -2.12. The summed E-state index contributed by atoms with van der Waals surface area (Å²) in [6, 6.07) is 7.27. The van der Waals surface area contributed by atoms with E-state index in [-0.39, 0.29) is 5.56 Å². The van der Waals surface area contributed by atoms with Crippen molar-refractivity contribution >= 4 is 27.4 Å². The number of esters is 1. The average Bonchev–Trinajstić information content (AvgIpc) is 2.63. The minimum atomic E-state index is -4.72. The molecule has 0 unspecified atom stereocenters. The highest BCUT2D eigenvalue weighted by molar-refractivity contribution is 7.91. The zero-order valence-corrected chi connectivity index (χ0v) is 15.6. The van der Waals surface area contributed by atoms with Crippen molar-refractivity contribution in [3.8, 4) is 0 Å². The number of benzene rings is 2. The number of halogens is 2. The van der Waals surface area contributed by atoms with Crippen molar-refractivity contribution in [2.24, 2.45) is 0 Å². The van der Waals surface area contributed by atoms with Crippen molar-refractivity contribution in [1.29, 1.82) is 0 Å². The van der Waals surface area contributed by atoms with Gasteiger partial charge in [-0.15, -0.1) is 0 Å². The molecule has 0 aliphatic carbocycles. The minimum Gasteiger partial charge on any atom is -0.465 e. The Balaban J connectivity index is 2.28. The Morgan fingerprint density at radius 3 is 2.19 bits per heavy atom. The molecule has 0 aliphatic heterocycles. The van der Waals surface area contributed by atoms with Gasteiger partial charge in [0.2, 0.25) is 9.84 Å². The normalized spacial score (nSPS) is 11.3. The Bertz CT molecular complexity index is 986. The van der Waals surface area contributed by atoms with Crippen LogP contribution in [-0.2, 0) is 14.6 Å². The van der Waals surface area contributed by atoms with Gasteiger partial charge >= 0.3 is 11.7 Å². The third kappa shape index (κ3) is 4.30. The molecule has 0 aliphatic rings. The van der Waals surface area contributed by atoms with Crippen LogP contribution in [0.5, 0.6) is 0 Å². The molecule has 2 aromatic carbocycles. The third-order valence-corrected chi connectivity index (χ3v) is 5.41. The topological polar surface area (TPSA) is 89.5 Å². The molecule has 6 nitrogen and oxygen atoms in total. The smallest absolute Gasteiger partial charge is 0.341 e. The summed E-state index contributed by atoms with van der Waals surface area (Å²) >= 11 is 0. The Labute approximate surface area is 155 Å². The van der Waals surface area contributed by atoms with Crippen LogP contribution < -0.4 is 5.32 Å². The van der Waals surface area contributed by atoms with Crippen LogP contribution in [0.25, 0.3) is 0 Å². The van der Waals surface area contributed by atoms with Crippen molar-refractivity contribution < 1.29 is 31.5 Å². The van der Waals surface area contributed by atoms with Crippen molar-refractivity contribution in [3.05, 3.63) is 58.7 Å². The second-order valence-electron chi connectivity index (χ2n) is 5.74. The quantitative estimate of drug-likeness (QED) is 0.782. The largest absolute Gasteiger partial charge is 0.465 e. The molecular formula is C18H17F2NO5S. The summed E-state index contributed by atoms with van der Waals surface area (Å²) in [6.45, 7) is 3.51. The van der Waals surface area contributed by atoms with E-state index in [4.69, 9.17) is 4.74 Å². The standard InChI is InChI=1S/C18H17F2NO5S/c1-10-8-13(9-15(11(10)2)17(23)26-3)21-16(22)12-4-6-14(7-5-12)27(24,25)18(19)20/h4-9,18H,1-3H3,(H,21,22). The number of hydrogen-bond donors (Lipinski definition) is 1. The number of methoxy groups -OCH3 is 1. The molecule has 0 heterocycles. The predicted octanol–water partition coefficient (Wildman–Crippen LogP) is 3.34. The maximum atomic E-state index is 12.5. The maximum absolute atomic E-state index is 12.5. The molecule has 1 N–H and O–H groups in total. The van der Waals surface area contributed by atoms with Crippen LogP contribution in [0.1, 0.15) is 31.8 Å². The fourth-order valence-corrected chi connectivity index (χ4v) is 3.08. The number of alkyl halides is 2. The van der Waals surface area contributed by atoms with Gasteiger partial charge in [0.15, 0.2) is 0 Å². The van der Waals surface area contributed by atoms with Crippen LogP contribution in [-0.4, -0.2) is 33.2 Å². The first-order valence-electron chi connectivity index (χ1n) is 7.71. The van der Waals surface area contributed by atoms with Gasteiger partial charge in [0, 0.05) is 11.3 Å². The lowest BCUT2D eigenvalue weighted by atomic mass is 10.0. The molecule has 0 aromatic heterocycles. The molecule has 144 valence electrons. The number of carbonyl (C=O) groups is 2. The molecular weight excluding hydrogens is 380 g/mol. The number of amides is 1. The SMILES string of the molecule is COC(=O)c1cc(NC(=O)c2ccc(S(=O)(=O)C(F)F)cc2)cc(C)c1C. The lowest BCUT2D eigenvalue weighted by molar-refractivity contribution is 0.0599. The molecule has 2 rings (SSSR count). The first-order valence-corrected chi connectivity index (χ1v) is 9.25. The zero-order valence-electron chi connectivity index (χ0n) is 14.7. The van der Waals surface area contributed by atoms with Gasteiger partial charge in [-0.1, -0.05) is 0 Å². The van der Waals surface area contributed by atoms with Crippen molar-refractivity contribution in [2.75, 3.05) is 12.4 Å². The average molecular weight is 397 g/mol. The fourth-order valence-electron chi connectivity index (χ4n) is 2.36. The van der Waals surface area contributed by atoms with Gasteiger partial charge in [-0.25, -0.2) is 13.2 Å². The van der Waals surface area contributed by atoms with E-state index in [9.17, 15) is 26.8 Å². The second kappa shape index (κ2) is 7.83. The fraction of sp³-hybridized carbons (Fsp3) is 0.222. The molecule has 0 spiro atoms. The van der Waals surface area contributed by atoms with Gasteiger partial charge in [0.25, 0.3) is 5.91 Å². The molecule has 0 saturated carbocycles. The number of ether oxygens (including phenoxy) is 1. The summed E-state index contributed by atoms with van der Waals surface area (Å²) in [6.07, 6.45) is 0. The highest BCUT2D eigenvalue weighted by Crippen LogP contribution is 2.22. The number of rotatable bonds is 5. The Morgan fingerprint density at radius 1 is 1.07 bits per heavy atom. The number of aryl methyl sites for hydroxylation is 1. The molecule has 1 amide bonds. The maximum Gasteiger partial charge on any atom is 0.341 e. The minimum absolute atomic E-state index is 0.0704. The van der Waals surface area contributed by atoms with Crippen LogP contribution in [0.3, 0.4) is 0 Å². The van der Waals surface area contributed by atoms with Crippen LogP contribution in [0.15, 0.2) is 41.3 Å². The third-order valence-electron chi connectivity index (χ3n) is 4.01. The molecule has 0 saturated heterocycles. The number of hydrogen-bond acceptors (Lipinski definition) is 5. The summed E-state index contributed by atoms with van der Waals surface area (Å²) in [4.78, 5) is 23.6. The van der Waals surface area contributed by atoms with Crippen LogP contribution in [0.4, 0.5) is 14.5 Å². The zero-order chi connectivity index (χ0) is 20.4. The summed E-state index contributed by atoms with van der Waals surface area (Å²) in [5.41, 5.74) is 2.17. The number of carbonyl (C=O) groups excluding carboxylic acids is 2. The summed E-state index contributed by atoms with van der Waals surface area (Å²) in [5.74, 6) is -4.67. The predicted molar refractivity (Wildman–Crippen MR) is 94.8 cm³/mol. The molecule has 27 heavy (non-hydrogen) atoms. The van der Waals surface area contributed by atoms with Gasteiger partial charge in [0.05, 0.1) is 17.6 Å². The highest BCUT2D eigenvalue weighted by Gasteiger charge is 2.26. The van der Waals surface area contributed by atoms with E-state index in [0.717, 1.165) is 29.8 Å². The van der Waals surface area contributed by atoms with Crippen LogP contribution in [0.2, 0.25) is 0 Å². The van der Waals surface area contributed by atoms with Gasteiger partial charge in [-0.05, 0) is 61.4 Å². The molecule has 2 aromatic rings. The molecule has 0 fully saturated rings. The Morgan fingerprint density at radius 2 is 1.67 bits per heavy atom. The van der Waals surface area contributed by atoms with Crippen LogP contribution >= 0.6 is 0 Å². The first kappa shape index (κ1) is 20.5. The summed E-state index contributed by atoms with van der Waals surface area (Å²) in [5, 5.41) is 2.58. The molecule has 0 radical (unpaired) electrons. The Hall–Kier alpha value is -2.81. The van der Waals surface area contributed by atoms with Gasteiger partial charge < -0.3 is 10.1 Å². The van der Waals surface area contributed by atoms with E-state index in [2.05, 4.69) is 5.32 Å². The molecule has 9 heteroatoms. The van der Waals surface area contributed by atoms with Crippen molar-refractivity contribution in [3.63, 3.8) is 0 Å². The van der Waals surface area contributed by atoms with E-state index in [1.807, 2.05) is 0 Å². The monoisotopic (exact) mass is 397 g/mol. The van der Waals surface area contributed by atoms with Crippen molar-refractivity contribution in [2.45, 2.75) is 24.5 Å². The molecule has 0 atom stereocenters. The number of sulfone groups is 1. The summed E-state index contributed by atoms with van der Waals surface area (Å²) in [7, 11) is -3.48. The first-order chi connectivity index (χ1) is 12.6. The number of nitrogens with one attached hydrogen (secondary N) is 1. The lowest BCUT2D eigenvalue weighted by Crippen LogP contribution is -2.15. The van der Waals surface area contributed by atoms with E-state index in [0.29, 0.717) is 16.8 Å². The van der Waals surface area contributed by atoms with Gasteiger partial charge in [-0.2, -0.15) is 8.78 Å². The van der Waals surface area contributed by atoms with E-state index in [1.165, 1.54) is 13.2 Å². The van der Waals surface area contributed by atoms with E-state index < -0.39 is 32.4 Å². The Kier molecular flexibility index (Phi) is 5.94. The van der Waals surface area contributed by atoms with Crippen LogP contribution in [0, 0.1) is 13.8 Å². The van der Waals surface area contributed by atoms with E-state index >= 15 is 0 Å². The highest BCUT2D eigenvalue weighted by atomic mass is 32.2. The van der Waals surface area contributed by atoms with Gasteiger partial charge in [-0.3, -0.25) is 4.79 Å². The number of anilines is 1. The van der Waals surface area contributed by atoms with Gasteiger partial charge in [0.1, 0.15) is 0 Å². The second-order valence-corrected chi connectivity index (χ2v) is 7.66. The molecule has 0 bridgehead atoms.